The molecule has 0 fully saturated rings. The summed E-state index contributed by atoms with van der Waals surface area (Å²) in [6.45, 7) is 6.22. The lowest BCUT2D eigenvalue weighted by molar-refractivity contribution is 0.0736. The maximum Gasteiger partial charge on any atom is 0.259 e. The highest BCUT2D eigenvalue weighted by Crippen LogP contribution is 2.40. The second kappa shape index (κ2) is 6.72. The maximum atomic E-state index is 13.0. The van der Waals surface area contributed by atoms with Gasteiger partial charge in [0.1, 0.15) is 23.1 Å². The van der Waals surface area contributed by atoms with Crippen LogP contribution < -0.4 is 9.47 Å². The molecule has 2 aromatic rings. The van der Waals surface area contributed by atoms with E-state index in [9.17, 15) is 10.1 Å². The number of amides is 1. The molecule has 5 nitrogen and oxygen atoms in total. The molecular formula is C21H22N2O3. The minimum atomic E-state index is -0.643. The van der Waals surface area contributed by atoms with E-state index in [-0.39, 0.29) is 11.5 Å². The molecule has 1 heterocycles. The zero-order valence-corrected chi connectivity index (χ0v) is 15.4. The Kier molecular flexibility index (Phi) is 4.60. The summed E-state index contributed by atoms with van der Waals surface area (Å²) in [6.07, 6.45) is 0. The van der Waals surface area contributed by atoms with Crippen LogP contribution in [-0.4, -0.2) is 23.5 Å². The first-order valence-electron chi connectivity index (χ1n) is 8.50. The summed E-state index contributed by atoms with van der Waals surface area (Å²) in [4.78, 5) is 14.6. The first-order valence-corrected chi connectivity index (χ1v) is 8.50. The lowest BCUT2D eigenvalue weighted by Gasteiger charge is -2.26. The minimum Gasteiger partial charge on any atom is -0.496 e. The molecule has 1 unspecified atom stereocenters. The van der Waals surface area contributed by atoms with Crippen LogP contribution in [0.1, 0.15) is 48.3 Å². The van der Waals surface area contributed by atoms with Gasteiger partial charge in [-0.25, -0.2) is 0 Å². The minimum absolute atomic E-state index is 0.199. The van der Waals surface area contributed by atoms with Gasteiger partial charge >= 0.3 is 0 Å². The van der Waals surface area contributed by atoms with Crippen molar-refractivity contribution in [3.05, 3.63) is 59.2 Å². The van der Waals surface area contributed by atoms with Crippen LogP contribution in [0.3, 0.4) is 0 Å². The number of nitriles is 1. The van der Waals surface area contributed by atoms with Crippen LogP contribution in [0, 0.1) is 11.3 Å². The number of methoxy groups -OCH3 is 1. The van der Waals surface area contributed by atoms with Gasteiger partial charge < -0.3 is 14.4 Å². The molecule has 0 bridgehead atoms. The summed E-state index contributed by atoms with van der Waals surface area (Å²) in [5.41, 5.74) is 1.66. The van der Waals surface area contributed by atoms with Gasteiger partial charge in [-0.2, -0.15) is 5.26 Å². The van der Waals surface area contributed by atoms with Crippen LogP contribution in [0.15, 0.2) is 42.5 Å². The van der Waals surface area contributed by atoms with Gasteiger partial charge in [0, 0.05) is 11.1 Å². The van der Waals surface area contributed by atoms with E-state index in [1.54, 1.807) is 23.1 Å². The van der Waals surface area contributed by atoms with Crippen LogP contribution in [0.2, 0.25) is 0 Å². The monoisotopic (exact) mass is 350 g/mol. The third-order valence-electron chi connectivity index (χ3n) is 4.21. The average Bonchev–Trinajstić information content (AvgIpc) is 2.87. The van der Waals surface area contributed by atoms with E-state index in [2.05, 4.69) is 6.07 Å². The number of nitrogens with zero attached hydrogens (tertiary/aromatic N) is 2. The number of benzene rings is 2. The fourth-order valence-electron chi connectivity index (χ4n) is 3.15. The first kappa shape index (κ1) is 17.8. The number of hydrogen-bond acceptors (Lipinski definition) is 4. The van der Waals surface area contributed by atoms with Gasteiger partial charge in [-0.05, 0) is 32.9 Å². The molecule has 0 radical (unpaired) electrons. The summed E-state index contributed by atoms with van der Waals surface area (Å²) in [5, 5.41) is 9.68. The summed E-state index contributed by atoms with van der Waals surface area (Å²) in [6, 6.07) is 14.6. The fourth-order valence-corrected chi connectivity index (χ4v) is 3.15. The van der Waals surface area contributed by atoms with Gasteiger partial charge in [-0.3, -0.25) is 4.79 Å². The van der Waals surface area contributed by atoms with E-state index >= 15 is 0 Å². The highest BCUT2D eigenvalue weighted by Gasteiger charge is 2.39. The van der Waals surface area contributed by atoms with Crippen molar-refractivity contribution in [2.24, 2.45) is 0 Å². The predicted octanol–water partition coefficient (Wildman–Crippen LogP) is 4.09. The Labute approximate surface area is 153 Å². The summed E-state index contributed by atoms with van der Waals surface area (Å²) in [7, 11) is 1.53. The Morgan fingerprint density at radius 1 is 1.12 bits per heavy atom. The molecule has 1 amide bonds. The standard InChI is InChI=1S/C21H22N2O3/c1-21(2,3)26-17-10-6-5-8-14(17)13-23-16(12-22)15-9-7-11-18(25-4)19(15)20(23)24/h5-11,16H,13H2,1-4H3. The summed E-state index contributed by atoms with van der Waals surface area (Å²) >= 11 is 0. The number of carbonyl (C=O) groups excluding carboxylic acids is 1. The largest absolute Gasteiger partial charge is 0.496 e. The highest BCUT2D eigenvalue weighted by atomic mass is 16.5. The lowest BCUT2D eigenvalue weighted by Crippen LogP contribution is -2.28. The van der Waals surface area contributed by atoms with Gasteiger partial charge in [-0.15, -0.1) is 0 Å². The first-order chi connectivity index (χ1) is 12.4. The van der Waals surface area contributed by atoms with Crippen molar-refractivity contribution in [1.82, 2.24) is 4.90 Å². The molecule has 26 heavy (non-hydrogen) atoms. The molecule has 2 aromatic carbocycles. The average molecular weight is 350 g/mol. The molecule has 3 rings (SSSR count). The van der Waals surface area contributed by atoms with Crippen LogP contribution in [0.5, 0.6) is 11.5 Å². The second-order valence-corrected chi connectivity index (χ2v) is 7.21. The molecule has 0 aromatic heterocycles. The molecule has 0 aliphatic carbocycles. The van der Waals surface area contributed by atoms with Crippen molar-refractivity contribution < 1.29 is 14.3 Å². The van der Waals surface area contributed by atoms with E-state index in [0.717, 1.165) is 5.56 Å². The van der Waals surface area contributed by atoms with Crippen molar-refractivity contribution in [1.29, 1.82) is 5.26 Å². The highest BCUT2D eigenvalue weighted by molar-refractivity contribution is 6.02. The Morgan fingerprint density at radius 2 is 1.81 bits per heavy atom. The van der Waals surface area contributed by atoms with Gasteiger partial charge in [0.15, 0.2) is 0 Å². The molecule has 134 valence electrons. The van der Waals surface area contributed by atoms with Crippen molar-refractivity contribution in [3.63, 3.8) is 0 Å². The molecule has 0 N–H and O–H groups in total. The smallest absolute Gasteiger partial charge is 0.259 e. The number of hydrogen-bond donors (Lipinski definition) is 0. The van der Waals surface area contributed by atoms with E-state index in [1.807, 2.05) is 45.0 Å². The normalized spacial score (nSPS) is 16.2. The molecule has 5 heteroatoms. The predicted molar refractivity (Wildman–Crippen MR) is 98.0 cm³/mol. The number of para-hydroxylation sites is 1. The van der Waals surface area contributed by atoms with Crippen LogP contribution >= 0.6 is 0 Å². The van der Waals surface area contributed by atoms with Crippen LogP contribution in [-0.2, 0) is 6.54 Å². The number of rotatable bonds is 4. The molecule has 1 atom stereocenters. The van der Waals surface area contributed by atoms with Gasteiger partial charge in [-0.1, -0.05) is 30.3 Å². The van der Waals surface area contributed by atoms with E-state index < -0.39 is 6.04 Å². The fraction of sp³-hybridized carbons (Fsp3) is 0.333. The summed E-state index contributed by atoms with van der Waals surface area (Å²) < 4.78 is 11.4. The Bertz CT molecular complexity index is 878. The zero-order valence-electron chi connectivity index (χ0n) is 15.4. The van der Waals surface area contributed by atoms with Crippen molar-refractivity contribution in [2.75, 3.05) is 7.11 Å². The van der Waals surface area contributed by atoms with Gasteiger partial charge in [0.2, 0.25) is 0 Å². The molecule has 0 saturated heterocycles. The number of carbonyl (C=O) groups is 1. The third kappa shape index (κ3) is 3.23. The van der Waals surface area contributed by atoms with Gasteiger partial charge in [0.05, 0.1) is 25.3 Å². The van der Waals surface area contributed by atoms with Gasteiger partial charge in [0.25, 0.3) is 5.91 Å². The SMILES string of the molecule is COc1cccc2c1C(=O)N(Cc1ccccc1OC(C)(C)C)C2C#N. The van der Waals surface area contributed by atoms with Crippen molar-refractivity contribution in [2.45, 2.75) is 39.0 Å². The van der Waals surface area contributed by atoms with E-state index in [1.165, 1.54) is 7.11 Å². The second-order valence-electron chi connectivity index (χ2n) is 7.21. The molecule has 1 aliphatic rings. The molecule has 1 aliphatic heterocycles. The van der Waals surface area contributed by atoms with E-state index in [0.29, 0.717) is 29.2 Å². The quantitative estimate of drug-likeness (QED) is 0.833. The number of ether oxygens (including phenoxy) is 2. The zero-order chi connectivity index (χ0) is 18.9. The molecule has 0 spiro atoms. The Morgan fingerprint density at radius 3 is 2.46 bits per heavy atom. The summed E-state index contributed by atoms with van der Waals surface area (Å²) in [5.74, 6) is 1.01. The third-order valence-corrected chi connectivity index (χ3v) is 4.21. The Balaban J connectivity index is 1.97. The lowest BCUT2D eigenvalue weighted by atomic mass is 10.0. The number of fused-ring (bicyclic) bond motifs is 1. The van der Waals surface area contributed by atoms with E-state index in [4.69, 9.17) is 9.47 Å². The Hall–Kier alpha value is -3.00. The molecule has 0 saturated carbocycles. The van der Waals surface area contributed by atoms with Crippen molar-refractivity contribution >= 4 is 5.91 Å². The topological polar surface area (TPSA) is 62.6 Å². The van der Waals surface area contributed by atoms with Crippen LogP contribution in [0.25, 0.3) is 0 Å². The van der Waals surface area contributed by atoms with Crippen molar-refractivity contribution in [3.8, 4) is 17.6 Å². The molecular weight excluding hydrogens is 328 g/mol. The maximum absolute atomic E-state index is 13.0. The van der Waals surface area contributed by atoms with Crippen LogP contribution in [0.4, 0.5) is 0 Å².